The second kappa shape index (κ2) is 9.42. The first kappa shape index (κ1) is 16.6. The Bertz CT molecular complexity index is 253. The fraction of sp³-hybridized carbons (Fsp3) is 0.929. The van der Waals surface area contributed by atoms with Gasteiger partial charge in [-0.25, -0.2) is 0 Å². The van der Waals surface area contributed by atoms with Gasteiger partial charge in [0.2, 0.25) is 0 Å². The number of likely N-dealkylation sites (tertiary alicyclic amines) is 1. The van der Waals surface area contributed by atoms with Crippen molar-refractivity contribution in [2.75, 3.05) is 53.0 Å². The maximum atomic E-state index is 11.0. The topological polar surface area (TPSA) is 47.6 Å². The van der Waals surface area contributed by atoms with E-state index >= 15 is 0 Å². The maximum Gasteiger partial charge on any atom is 0.148 e. The first-order valence-corrected chi connectivity index (χ1v) is 7.44. The second-order valence-electron chi connectivity index (χ2n) is 5.53. The number of hydroxylamine groups is 1. The molecule has 112 valence electrons. The molecule has 1 aliphatic rings. The number of likely N-dealkylation sites (N-methyl/N-ethyl adjacent to an activating group) is 1. The Morgan fingerprint density at radius 3 is 2.58 bits per heavy atom. The molecule has 5 heteroatoms. The first-order chi connectivity index (χ1) is 9.16. The lowest BCUT2D eigenvalue weighted by Crippen LogP contribution is -2.49. The summed E-state index contributed by atoms with van der Waals surface area (Å²) >= 11 is 0. The molecule has 0 bridgehead atoms. The van der Waals surface area contributed by atoms with E-state index in [1.807, 2.05) is 6.92 Å². The smallest absolute Gasteiger partial charge is 0.148 e. The summed E-state index contributed by atoms with van der Waals surface area (Å²) < 4.78 is 6.71. The van der Waals surface area contributed by atoms with Crippen LogP contribution in [0.25, 0.3) is 0 Å². The van der Waals surface area contributed by atoms with E-state index in [1.165, 1.54) is 32.4 Å². The van der Waals surface area contributed by atoms with Gasteiger partial charge in [-0.15, -0.1) is 0 Å². The summed E-state index contributed by atoms with van der Waals surface area (Å²) in [4.78, 5) is 16.1. The lowest BCUT2D eigenvalue weighted by Gasteiger charge is -2.37. The van der Waals surface area contributed by atoms with Crippen molar-refractivity contribution < 1.29 is 18.9 Å². The van der Waals surface area contributed by atoms with E-state index in [0.29, 0.717) is 19.6 Å². The molecule has 1 aliphatic heterocycles. The van der Waals surface area contributed by atoms with E-state index in [1.54, 1.807) is 0 Å². The van der Waals surface area contributed by atoms with Gasteiger partial charge in [0.05, 0.1) is 46.5 Å². The van der Waals surface area contributed by atoms with E-state index in [9.17, 15) is 4.79 Å². The van der Waals surface area contributed by atoms with Gasteiger partial charge in [0.25, 0.3) is 0 Å². The van der Waals surface area contributed by atoms with Gasteiger partial charge >= 0.3 is 0 Å². The summed E-state index contributed by atoms with van der Waals surface area (Å²) in [6.07, 6.45) is 4.61. The number of carbonyl (C=O) groups excluding carboxylic acids is 1. The van der Waals surface area contributed by atoms with Crippen LogP contribution >= 0.6 is 0 Å². The van der Waals surface area contributed by atoms with Gasteiger partial charge in [0, 0.05) is 6.42 Å². The van der Waals surface area contributed by atoms with Gasteiger partial charge in [-0.1, -0.05) is 6.92 Å². The molecule has 0 unspecified atom stereocenters. The molecule has 0 aliphatic carbocycles. The second-order valence-corrected chi connectivity index (χ2v) is 5.53. The number of nitrogens with one attached hydrogen (secondary N) is 1. The number of hydrogen-bond donors (Lipinski definition) is 1. The van der Waals surface area contributed by atoms with Crippen LogP contribution in [0.5, 0.6) is 0 Å². The van der Waals surface area contributed by atoms with E-state index in [2.05, 4.69) is 12.5 Å². The summed E-state index contributed by atoms with van der Waals surface area (Å²) in [5.41, 5.74) is 2.65. The highest BCUT2D eigenvalue weighted by Gasteiger charge is 2.23. The molecule has 0 radical (unpaired) electrons. The van der Waals surface area contributed by atoms with Crippen molar-refractivity contribution in [1.29, 1.82) is 0 Å². The largest absolute Gasteiger partial charge is 0.373 e. The Labute approximate surface area is 116 Å². The monoisotopic (exact) mass is 273 g/mol. The SMILES string of the molecule is CCC(=O)CNOCCOCC[N+]1(C)CCCCC1. The van der Waals surface area contributed by atoms with Gasteiger partial charge in [-0.05, 0) is 19.3 Å². The third-order valence-electron chi connectivity index (χ3n) is 3.77. The predicted molar refractivity (Wildman–Crippen MR) is 74.7 cm³/mol. The van der Waals surface area contributed by atoms with Crippen molar-refractivity contribution in [3.63, 3.8) is 0 Å². The van der Waals surface area contributed by atoms with Crippen molar-refractivity contribution in [3.05, 3.63) is 0 Å². The zero-order valence-corrected chi connectivity index (χ0v) is 12.5. The van der Waals surface area contributed by atoms with Gasteiger partial charge in [0.1, 0.15) is 12.3 Å². The van der Waals surface area contributed by atoms with Crippen LogP contribution in [0.4, 0.5) is 0 Å². The van der Waals surface area contributed by atoms with E-state index in [4.69, 9.17) is 9.57 Å². The van der Waals surface area contributed by atoms with Crippen LogP contribution in [0.2, 0.25) is 0 Å². The molecule has 1 fully saturated rings. The summed E-state index contributed by atoms with van der Waals surface area (Å²) in [6.45, 7) is 7.62. The van der Waals surface area contributed by atoms with Crippen molar-refractivity contribution in [3.8, 4) is 0 Å². The van der Waals surface area contributed by atoms with Gasteiger partial charge in [-0.2, -0.15) is 5.48 Å². The van der Waals surface area contributed by atoms with Crippen molar-refractivity contribution in [1.82, 2.24) is 5.48 Å². The summed E-state index contributed by atoms with van der Waals surface area (Å²) in [5.74, 6) is 0.156. The molecular weight excluding hydrogens is 244 g/mol. The molecule has 1 heterocycles. The average molecular weight is 273 g/mol. The van der Waals surface area contributed by atoms with Gasteiger partial charge in [-0.3, -0.25) is 9.63 Å². The number of quaternary nitrogens is 1. The molecule has 1 rings (SSSR count). The van der Waals surface area contributed by atoms with Crippen LogP contribution < -0.4 is 5.48 Å². The lowest BCUT2D eigenvalue weighted by molar-refractivity contribution is -0.914. The molecule has 0 saturated carbocycles. The number of ether oxygens (including phenoxy) is 1. The van der Waals surface area contributed by atoms with Crippen LogP contribution in [0, 0.1) is 0 Å². The molecule has 0 aromatic rings. The number of Topliss-reactive ketones (excluding diaryl/α,β-unsaturated/α-hetero) is 1. The zero-order valence-electron chi connectivity index (χ0n) is 12.5. The minimum Gasteiger partial charge on any atom is -0.373 e. The van der Waals surface area contributed by atoms with Crippen LogP contribution in [0.1, 0.15) is 32.6 Å². The number of nitrogens with zero attached hydrogens (tertiary/aromatic N) is 1. The summed E-state index contributed by atoms with van der Waals surface area (Å²) in [5, 5.41) is 0. The highest BCUT2D eigenvalue weighted by Crippen LogP contribution is 2.15. The fourth-order valence-corrected chi connectivity index (χ4v) is 2.32. The minimum absolute atomic E-state index is 0.156. The Morgan fingerprint density at radius 1 is 1.16 bits per heavy atom. The molecule has 0 amide bonds. The van der Waals surface area contributed by atoms with Crippen LogP contribution in [0.15, 0.2) is 0 Å². The normalized spacial score (nSPS) is 18.4. The van der Waals surface area contributed by atoms with Crippen molar-refractivity contribution in [2.45, 2.75) is 32.6 Å². The number of ketones is 1. The van der Waals surface area contributed by atoms with E-state index in [-0.39, 0.29) is 12.3 Å². The zero-order chi connectivity index (χ0) is 14.0. The molecule has 0 atom stereocenters. The predicted octanol–water partition coefficient (Wildman–Crippen LogP) is 1.13. The van der Waals surface area contributed by atoms with Crippen molar-refractivity contribution in [2.24, 2.45) is 0 Å². The Hall–Kier alpha value is -0.490. The van der Waals surface area contributed by atoms with Crippen LogP contribution in [-0.2, 0) is 14.4 Å². The standard InChI is InChI=1S/C14H29N2O3/c1-3-14(17)13-15-19-12-11-18-10-9-16(2)7-5-4-6-8-16/h15H,3-13H2,1-2H3/q+1. The van der Waals surface area contributed by atoms with Crippen molar-refractivity contribution >= 4 is 5.78 Å². The average Bonchev–Trinajstić information content (AvgIpc) is 2.42. The minimum atomic E-state index is 0.156. The Kier molecular flexibility index (Phi) is 8.21. The van der Waals surface area contributed by atoms with E-state index in [0.717, 1.165) is 17.6 Å². The third-order valence-corrected chi connectivity index (χ3v) is 3.77. The maximum absolute atomic E-state index is 11.0. The third kappa shape index (κ3) is 7.62. The molecule has 1 saturated heterocycles. The molecule has 0 aromatic carbocycles. The summed E-state index contributed by atoms with van der Waals surface area (Å²) in [6, 6.07) is 0. The van der Waals surface area contributed by atoms with E-state index < -0.39 is 0 Å². The number of carbonyl (C=O) groups is 1. The molecule has 1 N–H and O–H groups in total. The van der Waals surface area contributed by atoms with Crippen LogP contribution in [-0.4, -0.2) is 63.3 Å². The first-order valence-electron chi connectivity index (χ1n) is 7.44. The molecule has 5 nitrogen and oxygen atoms in total. The fourth-order valence-electron chi connectivity index (χ4n) is 2.32. The molecular formula is C14H29N2O3+. The van der Waals surface area contributed by atoms with Gasteiger partial charge < -0.3 is 9.22 Å². The quantitative estimate of drug-likeness (QED) is 0.368. The number of hydrogen-bond acceptors (Lipinski definition) is 4. The van der Waals surface area contributed by atoms with Crippen LogP contribution in [0.3, 0.4) is 0 Å². The summed E-state index contributed by atoms with van der Waals surface area (Å²) in [7, 11) is 2.32. The Morgan fingerprint density at radius 2 is 1.89 bits per heavy atom. The number of piperidine rings is 1. The molecule has 0 aromatic heterocycles. The number of rotatable bonds is 10. The lowest BCUT2D eigenvalue weighted by atomic mass is 10.1. The highest BCUT2D eigenvalue weighted by atomic mass is 16.7. The molecule has 0 spiro atoms. The Balaban J connectivity index is 1.89. The van der Waals surface area contributed by atoms with Gasteiger partial charge in [0.15, 0.2) is 0 Å². The highest BCUT2D eigenvalue weighted by molar-refractivity contribution is 5.79. The molecule has 19 heavy (non-hydrogen) atoms.